The summed E-state index contributed by atoms with van der Waals surface area (Å²) in [5, 5.41) is 11.1. The van der Waals surface area contributed by atoms with E-state index >= 15 is 0 Å². The number of nitrogens with zero attached hydrogens (tertiary/aromatic N) is 5. The minimum Gasteiger partial charge on any atom is -0.368 e. The van der Waals surface area contributed by atoms with E-state index in [0.29, 0.717) is 31.0 Å². The molecule has 0 saturated carbocycles. The van der Waals surface area contributed by atoms with Crippen molar-refractivity contribution in [2.45, 2.75) is 24.3 Å². The first kappa shape index (κ1) is 18.2. The molecule has 1 aromatic carbocycles. The van der Waals surface area contributed by atoms with Crippen molar-refractivity contribution in [2.75, 3.05) is 25.0 Å². The smallest absolute Gasteiger partial charge is 0.270 e. The summed E-state index contributed by atoms with van der Waals surface area (Å²) in [6.45, 7) is 1.19. The molecule has 0 atom stereocenters. The van der Waals surface area contributed by atoms with Gasteiger partial charge in [0.2, 0.25) is 10.0 Å². The molecule has 0 aliphatic carbocycles. The quantitative estimate of drug-likeness (QED) is 0.558. The van der Waals surface area contributed by atoms with Gasteiger partial charge in [-0.15, -0.1) is 0 Å². The molecule has 0 spiro atoms. The summed E-state index contributed by atoms with van der Waals surface area (Å²) in [4.78, 5) is 20.4. The van der Waals surface area contributed by atoms with Gasteiger partial charge in [0.05, 0.1) is 29.0 Å². The lowest BCUT2D eigenvalue weighted by molar-refractivity contribution is -0.385. The molecule has 0 bridgehead atoms. The number of hydrogen-bond acceptors (Lipinski definition) is 7. The first-order chi connectivity index (χ1) is 12.4. The van der Waals surface area contributed by atoms with E-state index in [9.17, 15) is 18.5 Å². The van der Waals surface area contributed by atoms with Crippen molar-refractivity contribution in [2.24, 2.45) is 0 Å². The molecule has 1 aliphatic rings. The lowest BCUT2D eigenvalue weighted by Gasteiger charge is -2.24. The highest BCUT2D eigenvalue weighted by Crippen LogP contribution is 2.33. The van der Waals surface area contributed by atoms with Gasteiger partial charge in [-0.2, -0.15) is 4.31 Å². The molecule has 0 N–H and O–H groups in total. The highest BCUT2D eigenvalue weighted by Gasteiger charge is 2.31. The van der Waals surface area contributed by atoms with Gasteiger partial charge < -0.3 is 4.90 Å². The third kappa shape index (κ3) is 3.65. The molecule has 2 heterocycles. The zero-order valence-electron chi connectivity index (χ0n) is 14.3. The fourth-order valence-corrected chi connectivity index (χ4v) is 4.72. The molecular formula is C16H19N5O4S. The van der Waals surface area contributed by atoms with Crippen LogP contribution in [0.3, 0.4) is 0 Å². The minimum absolute atomic E-state index is 0.0556. The zero-order chi connectivity index (χ0) is 18.7. The second-order valence-corrected chi connectivity index (χ2v) is 7.98. The van der Waals surface area contributed by atoms with Gasteiger partial charge >= 0.3 is 0 Å². The van der Waals surface area contributed by atoms with Crippen molar-refractivity contribution in [3.8, 4) is 0 Å². The molecule has 10 heteroatoms. The maximum Gasteiger partial charge on any atom is 0.270 e. The molecular weight excluding hydrogens is 358 g/mol. The molecule has 2 aromatic rings. The maximum absolute atomic E-state index is 13.0. The standard InChI is InChI=1S/C16H19N5O4S/c1-19(12-13-11-17-6-7-18-13)15-5-4-14(21(22)23)10-16(15)26(24,25)20-8-2-3-9-20/h4-7,10-11H,2-3,8-9,12H2,1H3. The van der Waals surface area contributed by atoms with Crippen LogP contribution < -0.4 is 4.90 Å². The van der Waals surface area contributed by atoms with E-state index < -0.39 is 14.9 Å². The number of nitro benzene ring substituents is 1. The van der Waals surface area contributed by atoms with Gasteiger partial charge in [-0.25, -0.2) is 8.42 Å². The van der Waals surface area contributed by atoms with Crippen LogP contribution in [-0.4, -0.2) is 47.8 Å². The molecule has 3 rings (SSSR count). The fraction of sp³-hybridized carbons (Fsp3) is 0.375. The van der Waals surface area contributed by atoms with Crippen molar-refractivity contribution >= 4 is 21.4 Å². The first-order valence-electron chi connectivity index (χ1n) is 8.14. The van der Waals surface area contributed by atoms with Crippen LogP contribution in [0.15, 0.2) is 41.7 Å². The topological polar surface area (TPSA) is 110 Å². The number of benzene rings is 1. The number of rotatable bonds is 6. The predicted molar refractivity (Wildman–Crippen MR) is 95.2 cm³/mol. The van der Waals surface area contributed by atoms with Crippen LogP contribution in [0.25, 0.3) is 0 Å². The first-order valence-corrected chi connectivity index (χ1v) is 9.58. The van der Waals surface area contributed by atoms with Crippen LogP contribution in [0.5, 0.6) is 0 Å². The van der Waals surface area contributed by atoms with Crippen LogP contribution in [0.1, 0.15) is 18.5 Å². The number of hydrogen-bond donors (Lipinski definition) is 0. The molecule has 0 radical (unpaired) electrons. The number of aromatic nitrogens is 2. The summed E-state index contributed by atoms with van der Waals surface area (Å²) in [5.74, 6) is 0. The Labute approximate surface area is 151 Å². The summed E-state index contributed by atoms with van der Waals surface area (Å²) in [6, 6.07) is 3.92. The molecule has 138 valence electrons. The zero-order valence-corrected chi connectivity index (χ0v) is 15.1. The summed E-state index contributed by atoms with van der Waals surface area (Å²) in [7, 11) is -2.09. The Kier molecular flexibility index (Phi) is 5.14. The van der Waals surface area contributed by atoms with E-state index in [2.05, 4.69) is 9.97 Å². The minimum atomic E-state index is -3.81. The monoisotopic (exact) mass is 377 g/mol. The fourth-order valence-electron chi connectivity index (χ4n) is 2.95. The van der Waals surface area contributed by atoms with Crippen LogP contribution in [0, 0.1) is 10.1 Å². The second-order valence-electron chi connectivity index (χ2n) is 6.07. The second kappa shape index (κ2) is 7.34. The van der Waals surface area contributed by atoms with Crippen LogP contribution in [0.2, 0.25) is 0 Å². The summed E-state index contributed by atoms with van der Waals surface area (Å²) >= 11 is 0. The van der Waals surface area contributed by atoms with Gasteiger partial charge in [0.15, 0.2) is 0 Å². The number of sulfonamides is 1. The Morgan fingerprint density at radius 1 is 1.27 bits per heavy atom. The Balaban J connectivity index is 2.02. The molecule has 0 amide bonds. The van der Waals surface area contributed by atoms with Gasteiger partial charge in [0.1, 0.15) is 4.90 Å². The highest BCUT2D eigenvalue weighted by molar-refractivity contribution is 7.89. The average molecular weight is 377 g/mol. The van der Waals surface area contributed by atoms with Crippen LogP contribution in [0.4, 0.5) is 11.4 Å². The largest absolute Gasteiger partial charge is 0.368 e. The van der Waals surface area contributed by atoms with Crippen LogP contribution in [-0.2, 0) is 16.6 Å². The molecule has 1 aromatic heterocycles. The van der Waals surface area contributed by atoms with Crippen molar-refractivity contribution in [1.82, 2.24) is 14.3 Å². The van der Waals surface area contributed by atoms with Crippen molar-refractivity contribution < 1.29 is 13.3 Å². The van der Waals surface area contributed by atoms with Crippen molar-refractivity contribution in [3.63, 3.8) is 0 Å². The third-order valence-electron chi connectivity index (χ3n) is 4.26. The lowest BCUT2D eigenvalue weighted by atomic mass is 10.2. The number of anilines is 1. The average Bonchev–Trinajstić information content (AvgIpc) is 3.17. The van der Waals surface area contributed by atoms with Gasteiger partial charge in [-0.3, -0.25) is 20.1 Å². The Morgan fingerprint density at radius 3 is 2.62 bits per heavy atom. The van der Waals surface area contributed by atoms with E-state index in [1.54, 1.807) is 30.5 Å². The van der Waals surface area contributed by atoms with Crippen molar-refractivity contribution in [1.29, 1.82) is 0 Å². The summed E-state index contributed by atoms with van der Waals surface area (Å²) in [6.07, 6.45) is 6.29. The van der Waals surface area contributed by atoms with E-state index in [0.717, 1.165) is 18.9 Å². The molecule has 0 unspecified atom stereocenters. The van der Waals surface area contributed by atoms with E-state index in [1.807, 2.05) is 0 Å². The molecule has 1 aliphatic heterocycles. The normalized spacial score (nSPS) is 15.1. The number of nitro groups is 1. The Morgan fingerprint density at radius 2 is 2.00 bits per heavy atom. The van der Waals surface area contributed by atoms with Gasteiger partial charge in [0.25, 0.3) is 5.69 Å². The summed E-state index contributed by atoms with van der Waals surface area (Å²) in [5.41, 5.74) is 0.811. The molecule has 1 saturated heterocycles. The van der Waals surface area contributed by atoms with Gasteiger partial charge in [-0.05, 0) is 18.9 Å². The SMILES string of the molecule is CN(Cc1cnccn1)c1ccc([N+](=O)[O-])cc1S(=O)(=O)N1CCCC1. The molecule has 9 nitrogen and oxygen atoms in total. The van der Waals surface area contributed by atoms with E-state index in [-0.39, 0.29) is 10.6 Å². The molecule has 1 fully saturated rings. The maximum atomic E-state index is 13.0. The van der Waals surface area contributed by atoms with Gasteiger partial charge in [-0.1, -0.05) is 0 Å². The summed E-state index contributed by atoms with van der Waals surface area (Å²) < 4.78 is 27.5. The Hall–Kier alpha value is -2.59. The molecule has 26 heavy (non-hydrogen) atoms. The number of non-ortho nitro benzene ring substituents is 1. The third-order valence-corrected chi connectivity index (χ3v) is 6.19. The van der Waals surface area contributed by atoms with Crippen LogP contribution >= 0.6 is 0 Å². The van der Waals surface area contributed by atoms with E-state index in [4.69, 9.17) is 0 Å². The highest BCUT2D eigenvalue weighted by atomic mass is 32.2. The van der Waals surface area contributed by atoms with Gasteiger partial charge in [0, 0.05) is 44.7 Å². The van der Waals surface area contributed by atoms with E-state index in [1.165, 1.54) is 16.4 Å². The predicted octanol–water partition coefficient (Wildman–Crippen LogP) is 1.81. The Bertz CT molecular complexity index is 898. The lowest BCUT2D eigenvalue weighted by Crippen LogP contribution is -2.30. The van der Waals surface area contributed by atoms with Crippen molar-refractivity contribution in [3.05, 3.63) is 52.6 Å².